The van der Waals surface area contributed by atoms with E-state index in [1.54, 1.807) is 0 Å². The second-order valence-corrected chi connectivity index (χ2v) is 20.5. The SMILES string of the molecule is c1ccc2c(c1)sc1ccc(-c3ccc4c(c3)c3ccccc3n4-c3ccc4sc5ccc(-n6c7ccccc7c7cc(-c8ccc9sc%10ccccc%10c9c8)ccc76)cc5c4c3)cc12. The smallest absolute Gasteiger partial charge is 0.0541 e. The van der Waals surface area contributed by atoms with Crippen LogP contribution in [0.25, 0.3) is 138 Å². The minimum absolute atomic E-state index is 1.17. The summed E-state index contributed by atoms with van der Waals surface area (Å²) in [6.07, 6.45) is 0. The minimum atomic E-state index is 1.17. The van der Waals surface area contributed by atoms with Crippen LogP contribution in [0.3, 0.4) is 0 Å². The molecule has 10 aromatic carbocycles. The third kappa shape index (κ3) is 5.26. The van der Waals surface area contributed by atoms with Gasteiger partial charge in [-0.1, -0.05) is 97.1 Å². The first kappa shape index (κ1) is 35.9. The molecule has 5 heterocycles. The molecule has 0 bridgehead atoms. The average Bonchev–Trinajstić information content (AvgIpc) is 4.17. The lowest BCUT2D eigenvalue weighted by molar-refractivity contribution is 1.18. The third-order valence-corrected chi connectivity index (χ3v) is 17.2. The predicted molar refractivity (Wildman–Crippen MR) is 285 cm³/mol. The molecular weight excluding hydrogens is 845 g/mol. The Balaban J connectivity index is 0.862. The van der Waals surface area contributed by atoms with Crippen molar-refractivity contribution in [3.63, 3.8) is 0 Å². The molecule has 302 valence electrons. The maximum absolute atomic E-state index is 2.46. The first-order valence-electron chi connectivity index (χ1n) is 22.1. The zero-order valence-electron chi connectivity index (χ0n) is 34.7. The summed E-state index contributed by atoms with van der Waals surface area (Å²) in [5.41, 5.74) is 12.2. The van der Waals surface area contributed by atoms with Gasteiger partial charge < -0.3 is 9.13 Å². The number of benzene rings is 10. The molecule has 15 aromatic rings. The van der Waals surface area contributed by atoms with E-state index in [9.17, 15) is 0 Å². The normalized spacial score (nSPS) is 12.3. The number of para-hydroxylation sites is 2. The van der Waals surface area contributed by atoms with Crippen LogP contribution in [-0.2, 0) is 0 Å². The first-order valence-corrected chi connectivity index (χ1v) is 24.5. The molecule has 0 radical (unpaired) electrons. The zero-order valence-corrected chi connectivity index (χ0v) is 37.2. The van der Waals surface area contributed by atoms with Gasteiger partial charge in [0.15, 0.2) is 0 Å². The van der Waals surface area contributed by atoms with Crippen molar-refractivity contribution in [3.05, 3.63) is 206 Å². The van der Waals surface area contributed by atoms with Crippen molar-refractivity contribution in [3.8, 4) is 33.6 Å². The van der Waals surface area contributed by atoms with Gasteiger partial charge in [-0.2, -0.15) is 0 Å². The number of rotatable bonds is 4. The predicted octanol–water partition coefficient (Wildman–Crippen LogP) is 18.3. The van der Waals surface area contributed by atoms with Gasteiger partial charge in [-0.05, 0) is 131 Å². The number of hydrogen-bond acceptors (Lipinski definition) is 3. The minimum Gasteiger partial charge on any atom is -0.309 e. The second-order valence-electron chi connectivity index (χ2n) is 17.3. The summed E-state index contributed by atoms with van der Waals surface area (Å²) in [7, 11) is 0. The summed E-state index contributed by atoms with van der Waals surface area (Å²) in [6, 6.07) is 77.3. The molecule has 0 amide bonds. The lowest BCUT2D eigenvalue weighted by Gasteiger charge is -2.10. The van der Waals surface area contributed by atoms with Crippen LogP contribution >= 0.6 is 34.0 Å². The summed E-state index contributed by atoms with van der Waals surface area (Å²) in [5, 5.41) is 12.9. The summed E-state index contributed by atoms with van der Waals surface area (Å²) in [5.74, 6) is 0. The van der Waals surface area contributed by atoms with Crippen molar-refractivity contribution in [2.75, 3.05) is 0 Å². The Morgan fingerprint density at radius 3 is 0.969 bits per heavy atom. The van der Waals surface area contributed by atoms with Gasteiger partial charge in [-0.15, -0.1) is 34.0 Å². The van der Waals surface area contributed by atoms with Gasteiger partial charge in [0.05, 0.1) is 22.1 Å². The number of nitrogens with zero attached hydrogens (tertiary/aromatic N) is 2. The standard InChI is InChI=1S/C60H34N2S3/c1-5-13-51-41(9-1)45-29-35(37-19-25-57-47(31-37)43-11-3-7-15-55(43)63-57)17-23-53(45)61(51)39-21-27-59-49(33-39)50-34-40(22-28-60(50)65-59)62-52-14-6-2-10-42(52)46-30-36(18-24-54(46)62)38-20-26-58-48(32-38)44-12-4-8-16-56(44)64-58/h1-34H. The van der Waals surface area contributed by atoms with E-state index in [-0.39, 0.29) is 0 Å². The molecule has 0 spiro atoms. The lowest BCUT2D eigenvalue weighted by atomic mass is 10.0. The summed E-state index contributed by atoms with van der Waals surface area (Å²) < 4.78 is 12.8. The van der Waals surface area contributed by atoms with Crippen LogP contribution in [0.4, 0.5) is 0 Å². The molecule has 0 aliphatic heterocycles. The molecule has 0 atom stereocenters. The lowest BCUT2D eigenvalue weighted by Crippen LogP contribution is -1.94. The molecule has 0 aliphatic rings. The molecule has 0 saturated carbocycles. The van der Waals surface area contributed by atoms with Crippen LogP contribution in [-0.4, -0.2) is 9.13 Å². The fourth-order valence-corrected chi connectivity index (χ4v) is 13.9. The van der Waals surface area contributed by atoms with E-state index in [1.807, 2.05) is 34.0 Å². The van der Waals surface area contributed by atoms with Crippen LogP contribution in [0, 0.1) is 0 Å². The monoisotopic (exact) mass is 878 g/mol. The highest BCUT2D eigenvalue weighted by Gasteiger charge is 2.18. The van der Waals surface area contributed by atoms with Crippen molar-refractivity contribution in [2.24, 2.45) is 0 Å². The van der Waals surface area contributed by atoms with Gasteiger partial charge in [0.2, 0.25) is 0 Å². The topological polar surface area (TPSA) is 9.86 Å². The van der Waals surface area contributed by atoms with Crippen molar-refractivity contribution in [1.29, 1.82) is 0 Å². The van der Waals surface area contributed by atoms with E-state index in [2.05, 4.69) is 215 Å². The van der Waals surface area contributed by atoms with Gasteiger partial charge in [0.25, 0.3) is 0 Å². The van der Waals surface area contributed by atoms with Crippen molar-refractivity contribution in [1.82, 2.24) is 9.13 Å². The van der Waals surface area contributed by atoms with Gasteiger partial charge in [-0.3, -0.25) is 0 Å². The van der Waals surface area contributed by atoms with E-state index in [1.165, 1.54) is 138 Å². The molecule has 2 nitrogen and oxygen atoms in total. The van der Waals surface area contributed by atoms with E-state index >= 15 is 0 Å². The van der Waals surface area contributed by atoms with Gasteiger partial charge >= 0.3 is 0 Å². The van der Waals surface area contributed by atoms with Gasteiger partial charge in [-0.25, -0.2) is 0 Å². The molecular formula is C60H34N2S3. The number of aromatic nitrogens is 2. The summed E-state index contributed by atoms with van der Waals surface area (Å²) in [4.78, 5) is 0. The Bertz CT molecular complexity index is 4210. The Hall–Kier alpha value is -7.54. The van der Waals surface area contributed by atoms with E-state index in [0.29, 0.717) is 0 Å². The molecule has 0 fully saturated rings. The Kier molecular flexibility index (Phi) is 7.44. The maximum Gasteiger partial charge on any atom is 0.0541 e. The Morgan fingerprint density at radius 2 is 0.523 bits per heavy atom. The number of thiophene rings is 3. The molecule has 5 heteroatoms. The number of fused-ring (bicyclic) bond motifs is 15. The van der Waals surface area contributed by atoms with Gasteiger partial charge in [0, 0.05) is 93.4 Å². The van der Waals surface area contributed by atoms with E-state index < -0.39 is 0 Å². The third-order valence-electron chi connectivity index (χ3n) is 13.7. The average molecular weight is 879 g/mol. The van der Waals surface area contributed by atoms with Crippen molar-refractivity contribution < 1.29 is 0 Å². The molecule has 0 N–H and O–H groups in total. The Labute approximate surface area is 384 Å². The molecule has 0 saturated heterocycles. The highest BCUT2D eigenvalue weighted by atomic mass is 32.1. The van der Waals surface area contributed by atoms with E-state index in [0.717, 1.165) is 0 Å². The van der Waals surface area contributed by atoms with Crippen LogP contribution in [0.2, 0.25) is 0 Å². The molecule has 65 heavy (non-hydrogen) atoms. The molecule has 0 aliphatic carbocycles. The van der Waals surface area contributed by atoms with Crippen LogP contribution in [0.15, 0.2) is 206 Å². The summed E-state index contributed by atoms with van der Waals surface area (Å²) in [6.45, 7) is 0. The van der Waals surface area contributed by atoms with Crippen molar-refractivity contribution >= 4 is 138 Å². The van der Waals surface area contributed by atoms with Crippen LogP contribution in [0.5, 0.6) is 0 Å². The van der Waals surface area contributed by atoms with Gasteiger partial charge in [0.1, 0.15) is 0 Å². The fourth-order valence-electron chi connectivity index (χ4n) is 10.7. The maximum atomic E-state index is 2.46. The number of hydrogen-bond donors (Lipinski definition) is 0. The van der Waals surface area contributed by atoms with Crippen molar-refractivity contribution in [2.45, 2.75) is 0 Å². The second kappa shape index (κ2) is 13.5. The highest BCUT2D eigenvalue weighted by molar-refractivity contribution is 7.26. The van der Waals surface area contributed by atoms with Crippen LogP contribution in [0.1, 0.15) is 0 Å². The van der Waals surface area contributed by atoms with E-state index in [4.69, 9.17) is 0 Å². The largest absolute Gasteiger partial charge is 0.309 e. The highest BCUT2D eigenvalue weighted by Crippen LogP contribution is 2.43. The Morgan fingerprint density at radius 1 is 0.215 bits per heavy atom. The molecule has 0 unspecified atom stereocenters. The zero-order chi connectivity index (χ0) is 42.3. The fraction of sp³-hybridized carbons (Fsp3) is 0. The first-order chi connectivity index (χ1) is 32.2. The van der Waals surface area contributed by atoms with Crippen LogP contribution < -0.4 is 0 Å². The summed E-state index contributed by atoms with van der Waals surface area (Å²) >= 11 is 5.61. The molecule has 15 rings (SSSR count). The molecule has 5 aromatic heterocycles. The quantitative estimate of drug-likeness (QED) is 0.167.